The number of carbonyl (C=O) groups is 1. The number of nitriles is 1. The van der Waals surface area contributed by atoms with Gasteiger partial charge in [0.15, 0.2) is 9.84 Å². The number of hydrogen-bond donors (Lipinski definition) is 0. The van der Waals surface area contributed by atoms with Crippen molar-refractivity contribution < 1.29 is 13.2 Å². The second kappa shape index (κ2) is 4.18. The average molecular weight is 328 g/mol. The standard InChI is InChI=1S/C12H10BrNO3S/c1-18(16,17)11-10(12(11,6-14)7-15)8-2-4-9(13)5-3-8/h2-5,7,10-11H,1H3/t10-,11+,12+/m1/s1. The van der Waals surface area contributed by atoms with E-state index >= 15 is 0 Å². The van der Waals surface area contributed by atoms with Crippen LogP contribution in [-0.4, -0.2) is 26.2 Å². The summed E-state index contributed by atoms with van der Waals surface area (Å²) in [5.41, 5.74) is -0.733. The van der Waals surface area contributed by atoms with E-state index in [0.29, 0.717) is 11.8 Å². The van der Waals surface area contributed by atoms with Crippen LogP contribution in [-0.2, 0) is 14.6 Å². The Morgan fingerprint density at radius 3 is 2.28 bits per heavy atom. The summed E-state index contributed by atoms with van der Waals surface area (Å²) in [4.78, 5) is 11.1. The van der Waals surface area contributed by atoms with Gasteiger partial charge in [0.25, 0.3) is 0 Å². The molecule has 0 aliphatic heterocycles. The van der Waals surface area contributed by atoms with E-state index in [-0.39, 0.29) is 0 Å². The molecule has 0 amide bonds. The Bertz CT molecular complexity index is 632. The van der Waals surface area contributed by atoms with Crippen molar-refractivity contribution in [1.82, 2.24) is 0 Å². The quantitative estimate of drug-likeness (QED) is 0.791. The summed E-state index contributed by atoms with van der Waals surface area (Å²) in [5, 5.41) is 8.19. The lowest BCUT2D eigenvalue weighted by atomic mass is 10.0. The number of benzene rings is 1. The smallest absolute Gasteiger partial charge is 0.153 e. The van der Waals surface area contributed by atoms with Crippen LogP contribution >= 0.6 is 15.9 Å². The first-order valence-corrected chi connectivity index (χ1v) is 7.93. The third-order valence-electron chi connectivity index (χ3n) is 3.26. The molecule has 0 spiro atoms. The number of rotatable bonds is 3. The predicted octanol–water partition coefficient (Wildman–Crippen LogP) is 1.67. The number of carbonyl (C=O) groups excluding carboxylic acids is 1. The molecule has 1 aromatic rings. The van der Waals surface area contributed by atoms with Crippen molar-refractivity contribution in [3.8, 4) is 6.07 Å². The van der Waals surface area contributed by atoms with Crippen molar-refractivity contribution in [3.05, 3.63) is 34.3 Å². The van der Waals surface area contributed by atoms with Crippen LogP contribution in [0.3, 0.4) is 0 Å². The zero-order valence-electron chi connectivity index (χ0n) is 9.50. The van der Waals surface area contributed by atoms with Crippen molar-refractivity contribution in [2.24, 2.45) is 5.41 Å². The number of aldehydes is 1. The molecule has 0 unspecified atom stereocenters. The van der Waals surface area contributed by atoms with E-state index in [1.807, 2.05) is 6.07 Å². The number of hydrogen-bond acceptors (Lipinski definition) is 4. The van der Waals surface area contributed by atoms with Crippen LogP contribution in [0.5, 0.6) is 0 Å². The normalized spacial score (nSPS) is 30.5. The molecule has 0 radical (unpaired) electrons. The van der Waals surface area contributed by atoms with E-state index in [2.05, 4.69) is 15.9 Å². The fourth-order valence-electron chi connectivity index (χ4n) is 2.40. The predicted molar refractivity (Wildman–Crippen MR) is 69.6 cm³/mol. The molecule has 18 heavy (non-hydrogen) atoms. The van der Waals surface area contributed by atoms with Crippen LogP contribution in [0.4, 0.5) is 0 Å². The zero-order chi connectivity index (χ0) is 13.6. The van der Waals surface area contributed by atoms with Gasteiger partial charge in [-0.1, -0.05) is 28.1 Å². The molecule has 0 aromatic heterocycles. The molecule has 3 atom stereocenters. The first-order chi connectivity index (χ1) is 8.36. The molecular formula is C12H10BrNO3S. The molecule has 0 bridgehead atoms. The number of sulfone groups is 1. The topological polar surface area (TPSA) is 75.0 Å². The summed E-state index contributed by atoms with van der Waals surface area (Å²) < 4.78 is 24.2. The minimum atomic E-state index is -3.43. The van der Waals surface area contributed by atoms with Crippen molar-refractivity contribution >= 4 is 32.1 Å². The lowest BCUT2D eigenvalue weighted by Crippen LogP contribution is -2.14. The molecule has 1 aromatic carbocycles. The third-order valence-corrected chi connectivity index (χ3v) is 5.37. The van der Waals surface area contributed by atoms with E-state index < -0.39 is 26.4 Å². The monoisotopic (exact) mass is 327 g/mol. The molecule has 0 heterocycles. The summed E-state index contributed by atoms with van der Waals surface area (Å²) in [6, 6.07) is 8.85. The minimum Gasteiger partial charge on any atom is -0.302 e. The highest BCUT2D eigenvalue weighted by atomic mass is 79.9. The lowest BCUT2D eigenvalue weighted by Gasteiger charge is -1.99. The minimum absolute atomic E-state index is 0.464. The third kappa shape index (κ3) is 1.88. The molecule has 1 aliphatic rings. The van der Waals surface area contributed by atoms with Crippen LogP contribution in [0, 0.1) is 16.7 Å². The van der Waals surface area contributed by atoms with Gasteiger partial charge in [-0.2, -0.15) is 5.26 Å². The van der Waals surface area contributed by atoms with Gasteiger partial charge in [-0.05, 0) is 17.7 Å². The van der Waals surface area contributed by atoms with Crippen LogP contribution < -0.4 is 0 Å². The Morgan fingerprint density at radius 1 is 1.39 bits per heavy atom. The van der Waals surface area contributed by atoms with Gasteiger partial charge in [-0.15, -0.1) is 0 Å². The number of nitrogens with zero attached hydrogens (tertiary/aromatic N) is 1. The summed E-state index contributed by atoms with van der Waals surface area (Å²) in [7, 11) is -3.43. The molecule has 2 rings (SSSR count). The largest absolute Gasteiger partial charge is 0.302 e. The van der Waals surface area contributed by atoms with E-state index in [1.165, 1.54) is 0 Å². The summed E-state index contributed by atoms with van der Waals surface area (Å²) in [6.07, 6.45) is 1.53. The number of halogens is 1. The highest BCUT2D eigenvalue weighted by Crippen LogP contribution is 2.61. The van der Waals surface area contributed by atoms with Crippen molar-refractivity contribution in [3.63, 3.8) is 0 Å². The molecule has 1 aliphatic carbocycles. The highest BCUT2D eigenvalue weighted by molar-refractivity contribution is 9.10. The van der Waals surface area contributed by atoms with Crippen LogP contribution in [0.2, 0.25) is 0 Å². The average Bonchev–Trinajstić information content (AvgIpc) is 3.00. The Balaban J connectivity index is 2.49. The maximum absolute atomic E-state index is 11.7. The van der Waals surface area contributed by atoms with Gasteiger partial charge in [-0.25, -0.2) is 8.42 Å². The first-order valence-electron chi connectivity index (χ1n) is 5.18. The first kappa shape index (κ1) is 13.2. The van der Waals surface area contributed by atoms with E-state index in [4.69, 9.17) is 5.26 Å². The van der Waals surface area contributed by atoms with Crippen molar-refractivity contribution in [1.29, 1.82) is 5.26 Å². The molecule has 1 saturated carbocycles. The molecule has 94 valence electrons. The van der Waals surface area contributed by atoms with Gasteiger partial charge in [0, 0.05) is 16.6 Å². The van der Waals surface area contributed by atoms with E-state index in [0.717, 1.165) is 10.7 Å². The zero-order valence-corrected chi connectivity index (χ0v) is 11.9. The van der Waals surface area contributed by atoms with Crippen molar-refractivity contribution in [2.45, 2.75) is 11.2 Å². The Kier molecular flexibility index (Phi) is 3.07. The van der Waals surface area contributed by atoms with Gasteiger partial charge >= 0.3 is 0 Å². The molecule has 0 saturated heterocycles. The molecule has 0 N–H and O–H groups in total. The van der Waals surface area contributed by atoms with Crippen LogP contribution in [0.25, 0.3) is 0 Å². The molecule has 4 nitrogen and oxygen atoms in total. The van der Waals surface area contributed by atoms with Gasteiger partial charge in [0.2, 0.25) is 0 Å². The fourth-order valence-corrected chi connectivity index (χ4v) is 4.42. The molecular weight excluding hydrogens is 318 g/mol. The van der Waals surface area contributed by atoms with Crippen LogP contribution in [0.15, 0.2) is 28.7 Å². The second-order valence-corrected chi connectivity index (χ2v) is 7.52. The van der Waals surface area contributed by atoms with E-state index in [1.54, 1.807) is 24.3 Å². The van der Waals surface area contributed by atoms with E-state index in [9.17, 15) is 13.2 Å². The lowest BCUT2D eigenvalue weighted by molar-refractivity contribution is -0.110. The summed E-state index contributed by atoms with van der Waals surface area (Å²) in [6.45, 7) is 0. The molecule has 1 fully saturated rings. The van der Waals surface area contributed by atoms with Gasteiger partial charge in [0.05, 0.1) is 11.3 Å². The van der Waals surface area contributed by atoms with Crippen molar-refractivity contribution in [2.75, 3.05) is 6.26 Å². The SMILES string of the molecule is CS(=O)(=O)[C@H]1[C@@H](c2ccc(Br)cc2)[C@]1(C#N)C=O. The molecule has 6 heteroatoms. The maximum atomic E-state index is 11.7. The van der Waals surface area contributed by atoms with Crippen LogP contribution in [0.1, 0.15) is 11.5 Å². The Hall–Kier alpha value is -1.19. The Labute approximate surface area is 114 Å². The summed E-state index contributed by atoms with van der Waals surface area (Å²) in [5.74, 6) is -0.567. The second-order valence-electron chi connectivity index (χ2n) is 4.44. The Morgan fingerprint density at radius 2 is 1.94 bits per heavy atom. The summed E-state index contributed by atoms with van der Waals surface area (Å²) >= 11 is 3.28. The highest BCUT2D eigenvalue weighted by Gasteiger charge is 2.71. The van der Waals surface area contributed by atoms with Gasteiger partial charge in [0.1, 0.15) is 11.7 Å². The maximum Gasteiger partial charge on any atom is 0.153 e. The van der Waals surface area contributed by atoms with Gasteiger partial charge < -0.3 is 4.79 Å². The van der Waals surface area contributed by atoms with Gasteiger partial charge in [-0.3, -0.25) is 0 Å². The fraction of sp³-hybridized carbons (Fsp3) is 0.333.